The molecule has 36 valence electrons. The molecule has 0 spiro atoms. The molecule has 0 rings (SSSR count). The van der Waals surface area contributed by atoms with Gasteiger partial charge in [0.05, 0.1) is 7.11 Å². The van der Waals surface area contributed by atoms with Crippen molar-refractivity contribution in [2.24, 2.45) is 5.90 Å². The molecule has 0 saturated heterocycles. The monoisotopic (exact) mass is 89.0 g/mol. The van der Waals surface area contributed by atoms with Crippen LogP contribution in [0.4, 0.5) is 0 Å². The molecule has 0 aliphatic carbocycles. The van der Waals surface area contributed by atoms with Crippen molar-refractivity contribution < 1.29 is 9.57 Å². The van der Waals surface area contributed by atoms with Gasteiger partial charge in [0.2, 0.25) is 0 Å². The first-order valence-corrected chi connectivity index (χ1v) is 1.45. The minimum atomic E-state index is 1.24. The van der Waals surface area contributed by atoms with Crippen LogP contribution < -0.4 is 5.90 Å². The second-order valence-electron chi connectivity index (χ2n) is 0.644. The Bertz CT molecular complexity index is 38.1. The molecular formula is C3H7NO2. The van der Waals surface area contributed by atoms with Gasteiger partial charge in [0.15, 0.2) is 0 Å². The van der Waals surface area contributed by atoms with Crippen LogP contribution in [0.3, 0.4) is 0 Å². The Hall–Kier alpha value is -0.700. The third kappa shape index (κ3) is 3.30. The summed E-state index contributed by atoms with van der Waals surface area (Å²) in [6.45, 7) is 0. The minimum Gasteiger partial charge on any atom is -0.501 e. The summed E-state index contributed by atoms with van der Waals surface area (Å²) < 4.78 is 4.40. The molecule has 0 fully saturated rings. The zero-order valence-electron chi connectivity index (χ0n) is 3.55. The number of nitrogens with two attached hydrogens (primary N) is 1. The van der Waals surface area contributed by atoms with Crippen molar-refractivity contribution in [1.29, 1.82) is 0 Å². The van der Waals surface area contributed by atoms with Crippen molar-refractivity contribution >= 4 is 0 Å². The van der Waals surface area contributed by atoms with E-state index < -0.39 is 0 Å². The van der Waals surface area contributed by atoms with Crippen LogP contribution in [-0.2, 0) is 9.57 Å². The van der Waals surface area contributed by atoms with E-state index in [1.807, 2.05) is 0 Å². The summed E-state index contributed by atoms with van der Waals surface area (Å²) in [5.74, 6) is 4.55. The topological polar surface area (TPSA) is 44.5 Å². The highest BCUT2D eigenvalue weighted by Gasteiger charge is 1.56. The molecule has 0 aliphatic rings. The Kier molecular flexibility index (Phi) is 3.80. The zero-order chi connectivity index (χ0) is 4.83. The fourth-order valence-electron chi connectivity index (χ4n) is 0.0876. The largest absolute Gasteiger partial charge is 0.501 e. The highest BCUT2D eigenvalue weighted by Crippen LogP contribution is 1.66. The summed E-state index contributed by atoms with van der Waals surface area (Å²) in [5, 5.41) is 0. The van der Waals surface area contributed by atoms with Gasteiger partial charge in [0.1, 0.15) is 12.5 Å². The van der Waals surface area contributed by atoms with Gasteiger partial charge in [-0.3, -0.25) is 0 Å². The van der Waals surface area contributed by atoms with Crippen LogP contribution in [0.15, 0.2) is 12.5 Å². The molecule has 0 aromatic heterocycles. The summed E-state index contributed by atoms with van der Waals surface area (Å²) in [6, 6.07) is 0. The van der Waals surface area contributed by atoms with E-state index in [2.05, 4.69) is 15.5 Å². The van der Waals surface area contributed by atoms with E-state index in [4.69, 9.17) is 0 Å². The smallest absolute Gasteiger partial charge is 0.145 e. The molecule has 0 saturated carbocycles. The Morgan fingerprint density at radius 3 is 2.33 bits per heavy atom. The number of methoxy groups -OCH3 is 1. The first-order chi connectivity index (χ1) is 2.91. The quantitative estimate of drug-likeness (QED) is 0.382. The van der Waals surface area contributed by atoms with Gasteiger partial charge in [0.25, 0.3) is 0 Å². The standard InChI is InChI=1S/C3H7NO2/c1-5-2-3-6-4/h2-3H,4H2,1H3. The molecule has 0 aliphatic heterocycles. The van der Waals surface area contributed by atoms with Gasteiger partial charge in [0, 0.05) is 0 Å². The predicted octanol–water partition coefficient (Wildman–Crippen LogP) is -0.00570. The predicted molar refractivity (Wildman–Crippen MR) is 21.4 cm³/mol. The van der Waals surface area contributed by atoms with Crippen molar-refractivity contribution in [3.05, 3.63) is 12.5 Å². The van der Waals surface area contributed by atoms with Crippen LogP contribution in [-0.4, -0.2) is 7.11 Å². The molecule has 6 heavy (non-hydrogen) atoms. The van der Waals surface area contributed by atoms with Crippen molar-refractivity contribution in [1.82, 2.24) is 0 Å². The van der Waals surface area contributed by atoms with Crippen molar-refractivity contribution in [3.8, 4) is 0 Å². The number of hydrogen-bond donors (Lipinski definition) is 1. The first kappa shape index (κ1) is 5.30. The fourth-order valence-corrected chi connectivity index (χ4v) is 0.0876. The average Bonchev–Trinajstić information content (AvgIpc) is 1.61. The lowest BCUT2D eigenvalue weighted by Crippen LogP contribution is -1.87. The molecule has 0 unspecified atom stereocenters. The molecule has 0 atom stereocenters. The Morgan fingerprint density at radius 2 is 2.17 bits per heavy atom. The van der Waals surface area contributed by atoms with Crippen LogP contribution in [0.2, 0.25) is 0 Å². The summed E-state index contributed by atoms with van der Waals surface area (Å²) in [5.41, 5.74) is 0. The molecule has 0 aromatic rings. The van der Waals surface area contributed by atoms with Gasteiger partial charge in [-0.15, -0.1) is 0 Å². The normalized spacial score (nSPS) is 9.00. The third-order valence-electron chi connectivity index (χ3n) is 0.270. The van der Waals surface area contributed by atoms with Gasteiger partial charge in [-0.1, -0.05) is 0 Å². The van der Waals surface area contributed by atoms with Crippen molar-refractivity contribution in [2.75, 3.05) is 7.11 Å². The van der Waals surface area contributed by atoms with Crippen LogP contribution in [0.25, 0.3) is 0 Å². The molecule has 0 aromatic carbocycles. The highest BCUT2D eigenvalue weighted by molar-refractivity contribution is 4.56. The average molecular weight is 89.1 g/mol. The maximum Gasteiger partial charge on any atom is 0.145 e. The lowest BCUT2D eigenvalue weighted by molar-refractivity contribution is 0.236. The van der Waals surface area contributed by atoms with E-state index >= 15 is 0 Å². The van der Waals surface area contributed by atoms with Gasteiger partial charge >= 0.3 is 0 Å². The molecule has 2 N–H and O–H groups in total. The molecule has 3 heteroatoms. The van der Waals surface area contributed by atoms with Crippen LogP contribution in [0, 0.1) is 0 Å². The van der Waals surface area contributed by atoms with E-state index in [1.54, 1.807) is 0 Å². The summed E-state index contributed by atoms with van der Waals surface area (Å²) in [7, 11) is 1.51. The van der Waals surface area contributed by atoms with E-state index in [9.17, 15) is 0 Å². The van der Waals surface area contributed by atoms with Crippen LogP contribution >= 0.6 is 0 Å². The minimum absolute atomic E-state index is 1.24. The Balaban J connectivity index is 2.73. The van der Waals surface area contributed by atoms with E-state index in [1.165, 1.54) is 19.6 Å². The summed E-state index contributed by atoms with van der Waals surface area (Å²) >= 11 is 0. The van der Waals surface area contributed by atoms with E-state index in [0.29, 0.717) is 0 Å². The van der Waals surface area contributed by atoms with Gasteiger partial charge in [-0.05, 0) is 0 Å². The second-order valence-corrected chi connectivity index (χ2v) is 0.644. The molecule has 0 amide bonds. The number of rotatable bonds is 2. The van der Waals surface area contributed by atoms with Crippen LogP contribution in [0.1, 0.15) is 0 Å². The second kappa shape index (κ2) is 4.30. The van der Waals surface area contributed by atoms with Crippen molar-refractivity contribution in [2.45, 2.75) is 0 Å². The molecule has 0 radical (unpaired) electrons. The number of hydrogen-bond acceptors (Lipinski definition) is 3. The van der Waals surface area contributed by atoms with E-state index in [-0.39, 0.29) is 0 Å². The lowest BCUT2D eigenvalue weighted by atomic mass is 11.1. The van der Waals surface area contributed by atoms with Gasteiger partial charge < -0.3 is 9.57 Å². The lowest BCUT2D eigenvalue weighted by Gasteiger charge is -1.82. The van der Waals surface area contributed by atoms with Gasteiger partial charge in [-0.2, -0.15) is 5.90 Å². The van der Waals surface area contributed by atoms with E-state index in [0.717, 1.165) is 0 Å². The SMILES string of the molecule is COC=CON. The Morgan fingerprint density at radius 1 is 1.50 bits per heavy atom. The number of ether oxygens (including phenoxy) is 1. The van der Waals surface area contributed by atoms with Crippen molar-refractivity contribution in [3.63, 3.8) is 0 Å². The first-order valence-electron chi connectivity index (χ1n) is 1.45. The highest BCUT2D eigenvalue weighted by atomic mass is 16.6. The summed E-state index contributed by atoms with van der Waals surface area (Å²) in [6.07, 6.45) is 2.57. The molecular weight excluding hydrogens is 82.0 g/mol. The van der Waals surface area contributed by atoms with Gasteiger partial charge in [-0.25, -0.2) is 0 Å². The third-order valence-corrected chi connectivity index (χ3v) is 0.270. The fraction of sp³-hybridized carbons (Fsp3) is 0.333. The molecule has 3 nitrogen and oxygen atoms in total. The summed E-state index contributed by atoms with van der Waals surface area (Å²) in [4.78, 5) is 3.98. The maximum absolute atomic E-state index is 4.55. The maximum atomic E-state index is 4.55. The zero-order valence-corrected chi connectivity index (χ0v) is 3.55. The van der Waals surface area contributed by atoms with Crippen LogP contribution in [0.5, 0.6) is 0 Å². The molecule has 0 bridgehead atoms. The molecule has 0 heterocycles. The Labute approximate surface area is 36.3 Å².